The lowest BCUT2D eigenvalue weighted by molar-refractivity contribution is -0.140. The average Bonchev–Trinajstić information content (AvgIpc) is 2.36. The minimum atomic E-state index is -0.336. The Morgan fingerprint density at radius 2 is 2.28 bits per heavy atom. The van der Waals surface area contributed by atoms with Crippen LogP contribution in [0.25, 0.3) is 6.08 Å². The summed E-state index contributed by atoms with van der Waals surface area (Å²) in [4.78, 5) is 11.3. The minimum absolute atomic E-state index is 0.307. The van der Waals surface area contributed by atoms with Gasteiger partial charge in [-0.15, -0.1) is 0 Å². The van der Waals surface area contributed by atoms with Gasteiger partial charge in [-0.05, 0) is 42.0 Å². The summed E-state index contributed by atoms with van der Waals surface area (Å²) in [5.41, 5.74) is 4.05. The van der Waals surface area contributed by atoms with Gasteiger partial charge in [0.1, 0.15) is 6.61 Å². The number of hydrogen-bond acceptors (Lipinski definition) is 2. The molecule has 94 valence electrons. The number of fused-ring (bicyclic) bond motifs is 1. The largest absolute Gasteiger partial charge is 0.457 e. The second kappa shape index (κ2) is 5.21. The van der Waals surface area contributed by atoms with Gasteiger partial charge in [0.05, 0.1) is 0 Å². The van der Waals surface area contributed by atoms with Crippen molar-refractivity contribution < 1.29 is 9.53 Å². The van der Waals surface area contributed by atoms with Crippen LogP contribution in [0, 0.1) is 0 Å². The second-order valence-electron chi connectivity index (χ2n) is 4.86. The number of allylic oxidation sites excluding steroid dienone is 1. The molecule has 0 radical (unpaired) electrons. The number of carbonyl (C=O) groups excluding carboxylic acids is 1. The van der Waals surface area contributed by atoms with Crippen molar-refractivity contribution in [2.45, 2.75) is 32.8 Å². The summed E-state index contributed by atoms with van der Waals surface area (Å²) in [5, 5.41) is 0. The first-order valence-electron chi connectivity index (χ1n) is 6.20. The van der Waals surface area contributed by atoms with E-state index >= 15 is 0 Å². The number of esters is 1. The van der Waals surface area contributed by atoms with Crippen molar-refractivity contribution in [2.75, 3.05) is 0 Å². The van der Waals surface area contributed by atoms with Crippen LogP contribution in [0.3, 0.4) is 0 Å². The van der Waals surface area contributed by atoms with Crippen LogP contribution < -0.4 is 0 Å². The highest BCUT2D eigenvalue weighted by atomic mass is 16.5. The molecule has 1 aliphatic carbocycles. The van der Waals surface area contributed by atoms with E-state index in [1.165, 1.54) is 11.1 Å². The molecule has 0 saturated carbocycles. The van der Waals surface area contributed by atoms with E-state index in [-0.39, 0.29) is 5.97 Å². The first-order valence-corrected chi connectivity index (χ1v) is 6.20. The van der Waals surface area contributed by atoms with Gasteiger partial charge in [-0.25, -0.2) is 4.79 Å². The van der Waals surface area contributed by atoms with Crippen molar-refractivity contribution in [1.82, 2.24) is 0 Å². The molecule has 18 heavy (non-hydrogen) atoms. The highest BCUT2D eigenvalue weighted by Gasteiger charge is 2.13. The van der Waals surface area contributed by atoms with Crippen molar-refractivity contribution >= 4 is 12.0 Å². The smallest absolute Gasteiger partial charge is 0.333 e. The number of carbonyl (C=O) groups is 1. The highest BCUT2D eigenvalue weighted by molar-refractivity contribution is 5.86. The summed E-state index contributed by atoms with van der Waals surface area (Å²) in [7, 11) is 0. The lowest BCUT2D eigenvalue weighted by Crippen LogP contribution is -2.06. The second-order valence-corrected chi connectivity index (χ2v) is 4.86. The molecular formula is C16H18O2. The number of rotatable bonds is 3. The molecule has 0 aliphatic heterocycles. The maximum atomic E-state index is 11.3. The average molecular weight is 242 g/mol. The van der Waals surface area contributed by atoms with E-state index in [4.69, 9.17) is 4.74 Å². The van der Waals surface area contributed by atoms with E-state index in [0.717, 1.165) is 12.0 Å². The Morgan fingerprint density at radius 3 is 3.00 bits per heavy atom. The highest BCUT2D eigenvalue weighted by Crippen LogP contribution is 2.29. The minimum Gasteiger partial charge on any atom is -0.457 e. The summed E-state index contributed by atoms with van der Waals surface area (Å²) < 4.78 is 5.14. The van der Waals surface area contributed by atoms with Crippen LogP contribution in [0.4, 0.5) is 0 Å². The maximum absolute atomic E-state index is 11.3. The van der Waals surface area contributed by atoms with Gasteiger partial charge in [0.2, 0.25) is 0 Å². The molecule has 2 heteroatoms. The lowest BCUT2D eigenvalue weighted by Gasteiger charge is -2.18. The van der Waals surface area contributed by atoms with Crippen LogP contribution in [0.15, 0.2) is 36.4 Å². The SMILES string of the molecule is C=C(C)C(=O)OCc1ccc2c(c1)C=CCC2C. The van der Waals surface area contributed by atoms with Gasteiger partial charge in [-0.2, -0.15) is 0 Å². The van der Waals surface area contributed by atoms with Crippen molar-refractivity contribution in [2.24, 2.45) is 0 Å². The molecule has 0 aromatic heterocycles. The zero-order chi connectivity index (χ0) is 13.1. The fourth-order valence-electron chi connectivity index (χ4n) is 2.11. The summed E-state index contributed by atoms with van der Waals surface area (Å²) in [5.74, 6) is 0.230. The van der Waals surface area contributed by atoms with Gasteiger partial charge >= 0.3 is 5.97 Å². The van der Waals surface area contributed by atoms with E-state index < -0.39 is 0 Å². The fraction of sp³-hybridized carbons (Fsp3) is 0.312. The van der Waals surface area contributed by atoms with Gasteiger partial charge in [0.25, 0.3) is 0 Å². The Labute approximate surface area is 108 Å². The van der Waals surface area contributed by atoms with Crippen LogP contribution in [-0.4, -0.2) is 5.97 Å². The molecule has 2 rings (SSSR count). The summed E-state index contributed by atoms with van der Waals surface area (Å²) in [6.45, 7) is 7.75. The van der Waals surface area contributed by atoms with Gasteiger partial charge in [-0.1, -0.05) is 37.8 Å². The van der Waals surface area contributed by atoms with Crippen LogP contribution in [0.5, 0.6) is 0 Å². The number of benzene rings is 1. The molecule has 1 unspecified atom stereocenters. The van der Waals surface area contributed by atoms with Gasteiger partial charge in [0, 0.05) is 5.57 Å². The number of ether oxygens (including phenoxy) is 1. The number of hydrogen-bond donors (Lipinski definition) is 0. The topological polar surface area (TPSA) is 26.3 Å². The summed E-state index contributed by atoms with van der Waals surface area (Å²) >= 11 is 0. The standard InChI is InChI=1S/C16H18O2/c1-11(2)16(17)18-10-13-7-8-15-12(3)5-4-6-14(15)9-13/h4,6-9,12H,1,5,10H2,2-3H3. The third-order valence-electron chi connectivity index (χ3n) is 3.19. The van der Waals surface area contributed by atoms with Crippen molar-refractivity contribution in [3.8, 4) is 0 Å². The molecule has 0 N–H and O–H groups in total. The Bertz CT molecular complexity index is 512. The first kappa shape index (κ1) is 12.6. The third-order valence-corrected chi connectivity index (χ3v) is 3.19. The molecule has 1 aliphatic rings. The molecule has 0 saturated heterocycles. The van der Waals surface area contributed by atoms with Crippen molar-refractivity contribution in [3.05, 3.63) is 53.1 Å². The van der Waals surface area contributed by atoms with Crippen molar-refractivity contribution in [1.29, 1.82) is 0 Å². The molecule has 0 heterocycles. The summed E-state index contributed by atoms with van der Waals surface area (Å²) in [6.07, 6.45) is 5.42. The monoisotopic (exact) mass is 242 g/mol. The first-order chi connectivity index (χ1) is 8.58. The Hall–Kier alpha value is -1.83. The fourth-order valence-corrected chi connectivity index (χ4v) is 2.11. The lowest BCUT2D eigenvalue weighted by atomic mass is 9.88. The van der Waals surface area contributed by atoms with E-state index in [0.29, 0.717) is 18.1 Å². The third kappa shape index (κ3) is 2.70. The zero-order valence-electron chi connectivity index (χ0n) is 10.9. The van der Waals surface area contributed by atoms with Gasteiger partial charge in [-0.3, -0.25) is 0 Å². The van der Waals surface area contributed by atoms with Crippen LogP contribution in [0.2, 0.25) is 0 Å². The van der Waals surface area contributed by atoms with Gasteiger partial charge < -0.3 is 4.74 Å². The molecule has 2 nitrogen and oxygen atoms in total. The van der Waals surface area contributed by atoms with Crippen LogP contribution in [-0.2, 0) is 16.1 Å². The van der Waals surface area contributed by atoms with Gasteiger partial charge in [0.15, 0.2) is 0 Å². The predicted molar refractivity (Wildman–Crippen MR) is 73.1 cm³/mol. The van der Waals surface area contributed by atoms with Crippen LogP contribution >= 0.6 is 0 Å². The Balaban J connectivity index is 2.10. The molecule has 1 aromatic rings. The molecular weight excluding hydrogens is 224 g/mol. The maximum Gasteiger partial charge on any atom is 0.333 e. The predicted octanol–water partition coefficient (Wildman–Crippen LogP) is 3.83. The zero-order valence-corrected chi connectivity index (χ0v) is 10.9. The molecule has 0 fully saturated rings. The Morgan fingerprint density at radius 1 is 1.50 bits per heavy atom. The molecule has 1 aromatic carbocycles. The molecule has 0 bridgehead atoms. The normalized spacial score (nSPS) is 17.1. The van der Waals surface area contributed by atoms with E-state index in [1.54, 1.807) is 6.92 Å². The molecule has 0 amide bonds. The molecule has 1 atom stereocenters. The quantitative estimate of drug-likeness (QED) is 0.595. The summed E-state index contributed by atoms with van der Waals surface area (Å²) in [6, 6.07) is 6.25. The van der Waals surface area contributed by atoms with Crippen molar-refractivity contribution in [3.63, 3.8) is 0 Å². The molecule has 0 spiro atoms. The van der Waals surface area contributed by atoms with Crippen LogP contribution in [0.1, 0.15) is 42.9 Å². The Kier molecular flexibility index (Phi) is 3.66. The van der Waals surface area contributed by atoms with E-state index in [2.05, 4.69) is 37.8 Å². The van der Waals surface area contributed by atoms with E-state index in [1.807, 2.05) is 6.07 Å². The van der Waals surface area contributed by atoms with E-state index in [9.17, 15) is 4.79 Å².